The van der Waals surface area contributed by atoms with Crippen molar-refractivity contribution in [1.29, 1.82) is 0 Å². The number of fused-ring (bicyclic) bond motifs is 1. The van der Waals surface area contributed by atoms with Gasteiger partial charge in [0.2, 0.25) is 5.88 Å². The molecule has 10 heteroatoms. The second kappa shape index (κ2) is 8.74. The minimum absolute atomic E-state index is 0.157. The quantitative estimate of drug-likeness (QED) is 0.406. The van der Waals surface area contributed by atoms with E-state index in [4.69, 9.17) is 9.47 Å². The van der Waals surface area contributed by atoms with E-state index in [-0.39, 0.29) is 24.4 Å². The Balaban J connectivity index is 1.78. The van der Waals surface area contributed by atoms with Gasteiger partial charge in [-0.1, -0.05) is 19.1 Å². The first-order valence-corrected chi connectivity index (χ1v) is 10.2. The zero-order valence-corrected chi connectivity index (χ0v) is 18.2. The number of hydrogen-bond acceptors (Lipinski definition) is 7. The lowest BCUT2D eigenvalue weighted by Gasteiger charge is -2.18. The number of aryl methyl sites for hydroxylation is 1. The SMILES string of the molecule is CCOC(=O)c1cnn(-c2nc(OC)c3c(cnn3[C@@H](CC)c3ccc(F)c(C)c3)n2)c1. The summed E-state index contributed by atoms with van der Waals surface area (Å²) < 4.78 is 27.5. The van der Waals surface area contributed by atoms with Gasteiger partial charge in [-0.15, -0.1) is 0 Å². The fourth-order valence-corrected chi connectivity index (χ4v) is 3.58. The van der Waals surface area contributed by atoms with Gasteiger partial charge in [0.1, 0.15) is 16.9 Å². The molecule has 1 aromatic carbocycles. The van der Waals surface area contributed by atoms with Crippen LogP contribution in [-0.2, 0) is 4.74 Å². The highest BCUT2D eigenvalue weighted by molar-refractivity contribution is 5.88. The summed E-state index contributed by atoms with van der Waals surface area (Å²) in [7, 11) is 1.51. The average Bonchev–Trinajstić information content (AvgIpc) is 3.44. The highest BCUT2D eigenvalue weighted by Crippen LogP contribution is 2.31. The second-order valence-electron chi connectivity index (χ2n) is 7.18. The number of aromatic nitrogens is 6. The van der Waals surface area contributed by atoms with E-state index < -0.39 is 5.97 Å². The standard InChI is InChI=1S/C22H23FN6O3/c1-5-18(14-7-8-16(23)13(3)9-14)29-19-17(11-25-29)26-22(27-20(19)31-4)28-12-15(10-24-28)21(30)32-6-2/h7-12,18H,5-6H2,1-4H3/t18-/m0/s1. The van der Waals surface area contributed by atoms with Gasteiger partial charge < -0.3 is 9.47 Å². The Bertz CT molecular complexity index is 1280. The van der Waals surface area contributed by atoms with Crippen molar-refractivity contribution < 1.29 is 18.7 Å². The van der Waals surface area contributed by atoms with E-state index in [1.807, 2.05) is 13.0 Å². The minimum atomic E-state index is -0.472. The molecule has 9 nitrogen and oxygen atoms in total. The number of carbonyl (C=O) groups is 1. The smallest absolute Gasteiger partial charge is 0.341 e. The summed E-state index contributed by atoms with van der Waals surface area (Å²) in [4.78, 5) is 21.0. The van der Waals surface area contributed by atoms with Crippen LogP contribution in [0.15, 0.2) is 36.8 Å². The molecule has 0 bridgehead atoms. The van der Waals surface area contributed by atoms with E-state index in [9.17, 15) is 9.18 Å². The predicted molar refractivity (Wildman–Crippen MR) is 115 cm³/mol. The number of rotatable bonds is 7. The molecule has 0 amide bonds. The number of esters is 1. The number of ether oxygens (including phenoxy) is 2. The first-order valence-electron chi connectivity index (χ1n) is 10.2. The predicted octanol–water partition coefficient (Wildman–Crippen LogP) is 3.64. The fraction of sp³-hybridized carbons (Fsp3) is 0.318. The topological polar surface area (TPSA) is 97.0 Å². The molecule has 0 radical (unpaired) electrons. The van der Waals surface area contributed by atoms with Crippen molar-refractivity contribution in [3.8, 4) is 11.8 Å². The van der Waals surface area contributed by atoms with Gasteiger partial charge in [0, 0.05) is 6.20 Å². The number of benzene rings is 1. The van der Waals surface area contributed by atoms with Gasteiger partial charge in [-0.2, -0.15) is 15.2 Å². The normalized spacial score (nSPS) is 12.2. The highest BCUT2D eigenvalue weighted by atomic mass is 19.1. The number of methoxy groups -OCH3 is 1. The van der Waals surface area contributed by atoms with Crippen LogP contribution < -0.4 is 4.74 Å². The molecule has 0 saturated heterocycles. The highest BCUT2D eigenvalue weighted by Gasteiger charge is 2.22. The molecule has 0 saturated carbocycles. The van der Waals surface area contributed by atoms with Gasteiger partial charge in [-0.05, 0) is 37.5 Å². The molecule has 0 unspecified atom stereocenters. The van der Waals surface area contributed by atoms with Crippen molar-refractivity contribution >= 4 is 17.0 Å². The molecular formula is C22H23FN6O3. The zero-order chi connectivity index (χ0) is 22.8. The van der Waals surface area contributed by atoms with Gasteiger partial charge in [-0.25, -0.2) is 18.9 Å². The van der Waals surface area contributed by atoms with Crippen molar-refractivity contribution in [2.75, 3.05) is 13.7 Å². The van der Waals surface area contributed by atoms with Crippen molar-refractivity contribution in [2.24, 2.45) is 0 Å². The molecule has 0 spiro atoms. The summed E-state index contributed by atoms with van der Waals surface area (Å²) in [5, 5.41) is 8.70. The molecule has 3 heterocycles. The number of carbonyl (C=O) groups excluding carboxylic acids is 1. The van der Waals surface area contributed by atoms with Crippen LogP contribution in [0.5, 0.6) is 5.88 Å². The van der Waals surface area contributed by atoms with E-state index in [1.54, 1.807) is 30.8 Å². The van der Waals surface area contributed by atoms with Crippen LogP contribution in [0.4, 0.5) is 4.39 Å². The van der Waals surface area contributed by atoms with Crippen molar-refractivity contribution in [3.05, 3.63) is 59.3 Å². The molecule has 3 aromatic heterocycles. The van der Waals surface area contributed by atoms with Crippen molar-refractivity contribution in [2.45, 2.75) is 33.2 Å². The third-order valence-corrected chi connectivity index (χ3v) is 5.14. The zero-order valence-electron chi connectivity index (χ0n) is 18.2. The molecule has 0 aliphatic rings. The van der Waals surface area contributed by atoms with Crippen LogP contribution in [-0.4, -0.2) is 49.2 Å². The molecule has 0 N–H and O–H groups in total. The van der Waals surface area contributed by atoms with Crippen LogP contribution in [0.1, 0.15) is 47.8 Å². The van der Waals surface area contributed by atoms with E-state index in [1.165, 1.54) is 30.3 Å². The van der Waals surface area contributed by atoms with E-state index >= 15 is 0 Å². The summed E-state index contributed by atoms with van der Waals surface area (Å²) in [6.07, 6.45) is 5.23. The molecule has 32 heavy (non-hydrogen) atoms. The van der Waals surface area contributed by atoms with Crippen LogP contribution in [0, 0.1) is 12.7 Å². The Kier molecular flexibility index (Phi) is 5.85. The Morgan fingerprint density at radius 2 is 2.00 bits per heavy atom. The lowest BCUT2D eigenvalue weighted by molar-refractivity contribution is 0.0526. The summed E-state index contributed by atoms with van der Waals surface area (Å²) in [5.74, 6) is -0.177. The molecule has 0 aliphatic carbocycles. The lowest BCUT2D eigenvalue weighted by Crippen LogP contribution is -2.13. The molecule has 166 valence electrons. The van der Waals surface area contributed by atoms with Crippen LogP contribution in [0.3, 0.4) is 0 Å². The Hall–Kier alpha value is -3.82. The Labute approximate surface area is 183 Å². The first kappa shape index (κ1) is 21.4. The van der Waals surface area contributed by atoms with E-state index in [0.717, 1.165) is 12.0 Å². The molecule has 4 rings (SSSR count). The second-order valence-corrected chi connectivity index (χ2v) is 7.18. The van der Waals surface area contributed by atoms with Gasteiger partial charge in [0.25, 0.3) is 5.95 Å². The molecular weight excluding hydrogens is 415 g/mol. The minimum Gasteiger partial charge on any atom is -0.479 e. The average molecular weight is 438 g/mol. The Morgan fingerprint density at radius 1 is 1.19 bits per heavy atom. The molecule has 0 fully saturated rings. The number of nitrogens with zero attached hydrogens (tertiary/aromatic N) is 6. The summed E-state index contributed by atoms with van der Waals surface area (Å²) in [5.41, 5.74) is 2.95. The van der Waals surface area contributed by atoms with Crippen LogP contribution >= 0.6 is 0 Å². The molecule has 1 atom stereocenters. The van der Waals surface area contributed by atoms with E-state index in [0.29, 0.717) is 28.0 Å². The van der Waals surface area contributed by atoms with Gasteiger partial charge in [-0.3, -0.25) is 4.68 Å². The largest absolute Gasteiger partial charge is 0.479 e. The first-order chi connectivity index (χ1) is 15.5. The third-order valence-electron chi connectivity index (χ3n) is 5.14. The van der Waals surface area contributed by atoms with Gasteiger partial charge in [0.05, 0.1) is 37.7 Å². The van der Waals surface area contributed by atoms with Crippen LogP contribution in [0.25, 0.3) is 17.0 Å². The lowest BCUT2D eigenvalue weighted by atomic mass is 10.0. The third kappa shape index (κ3) is 3.79. The maximum absolute atomic E-state index is 13.8. The summed E-state index contributed by atoms with van der Waals surface area (Å²) >= 11 is 0. The van der Waals surface area contributed by atoms with Crippen molar-refractivity contribution in [1.82, 2.24) is 29.5 Å². The summed E-state index contributed by atoms with van der Waals surface area (Å²) in [6, 6.07) is 4.88. The maximum Gasteiger partial charge on any atom is 0.341 e. The van der Waals surface area contributed by atoms with Crippen molar-refractivity contribution in [3.63, 3.8) is 0 Å². The maximum atomic E-state index is 13.8. The number of halogens is 1. The number of hydrogen-bond donors (Lipinski definition) is 0. The summed E-state index contributed by atoms with van der Waals surface area (Å²) in [6.45, 7) is 5.76. The van der Waals surface area contributed by atoms with Gasteiger partial charge >= 0.3 is 5.97 Å². The Morgan fingerprint density at radius 3 is 2.69 bits per heavy atom. The van der Waals surface area contributed by atoms with Crippen LogP contribution in [0.2, 0.25) is 0 Å². The van der Waals surface area contributed by atoms with E-state index in [2.05, 4.69) is 20.2 Å². The molecule has 4 aromatic rings. The molecule has 0 aliphatic heterocycles. The monoisotopic (exact) mass is 438 g/mol. The fourth-order valence-electron chi connectivity index (χ4n) is 3.58. The van der Waals surface area contributed by atoms with Gasteiger partial charge in [0.15, 0.2) is 0 Å².